The molecule has 2 heterocycles. The van der Waals surface area contributed by atoms with Crippen LogP contribution in [0.15, 0.2) is 30.5 Å². The Kier molecular flexibility index (Phi) is 8.02. The average molecular weight is 537 g/mol. The van der Waals surface area contributed by atoms with Crippen molar-refractivity contribution in [2.24, 2.45) is 0 Å². The molecule has 0 atom stereocenters. The number of carboxylic acid groups (broad SMARTS) is 1. The van der Waals surface area contributed by atoms with Crippen LogP contribution in [0.4, 0.5) is 13.6 Å². The topological polar surface area (TPSA) is 96.2 Å². The zero-order chi connectivity index (χ0) is 27.7. The first-order chi connectivity index (χ1) is 17.1. The lowest BCUT2D eigenvalue weighted by atomic mass is 9.92. The van der Waals surface area contributed by atoms with E-state index in [0.29, 0.717) is 12.1 Å². The zero-order valence-corrected chi connectivity index (χ0v) is 22.4. The molecule has 8 nitrogen and oxygen atoms in total. The SMILES string of the molecule is Cc1nc2c(OCc3c(F)cccc3F)cc(Cl)cn2c1C(=O)NCCC(C)(C)N(C(=O)O)C(C)(C)C. The molecular formula is C26H31ClF2N4O4. The summed E-state index contributed by atoms with van der Waals surface area (Å²) in [7, 11) is 0. The molecule has 2 amide bonds. The third kappa shape index (κ3) is 6.12. The van der Waals surface area contributed by atoms with Gasteiger partial charge in [0.25, 0.3) is 5.91 Å². The number of hydrogen-bond donors (Lipinski definition) is 2. The Hall–Kier alpha value is -3.40. The van der Waals surface area contributed by atoms with Gasteiger partial charge in [0.1, 0.15) is 23.9 Å². The standard InChI is InChI=1S/C26H31ClF2N4O4/c1-15-21(23(34)30-11-10-26(5,6)33(24(35)36)25(2,3)4)32-13-16(27)12-20(22(32)31-15)37-14-17-18(28)8-7-9-19(17)29/h7-9,12-13H,10-11,14H2,1-6H3,(H,30,34)(H,35,36). The van der Waals surface area contributed by atoms with Crippen molar-refractivity contribution in [3.63, 3.8) is 0 Å². The zero-order valence-electron chi connectivity index (χ0n) is 21.7. The first-order valence-electron chi connectivity index (χ1n) is 11.7. The summed E-state index contributed by atoms with van der Waals surface area (Å²) in [6.45, 7) is 10.5. The van der Waals surface area contributed by atoms with Crippen LogP contribution < -0.4 is 10.1 Å². The number of ether oxygens (including phenoxy) is 1. The van der Waals surface area contributed by atoms with Gasteiger partial charge in [0.2, 0.25) is 0 Å². The van der Waals surface area contributed by atoms with Gasteiger partial charge in [-0.1, -0.05) is 17.7 Å². The minimum Gasteiger partial charge on any atom is -0.485 e. The molecule has 2 N–H and O–H groups in total. The average Bonchev–Trinajstić information content (AvgIpc) is 3.07. The van der Waals surface area contributed by atoms with Crippen LogP contribution in [-0.2, 0) is 6.61 Å². The summed E-state index contributed by atoms with van der Waals surface area (Å²) in [4.78, 5) is 30.8. The Balaban J connectivity index is 1.81. The quantitative estimate of drug-likeness (QED) is 0.377. The first kappa shape index (κ1) is 28.2. The molecule has 200 valence electrons. The Bertz CT molecular complexity index is 1310. The van der Waals surface area contributed by atoms with E-state index in [1.165, 1.54) is 27.6 Å². The van der Waals surface area contributed by atoms with Gasteiger partial charge in [-0.25, -0.2) is 18.6 Å². The number of benzene rings is 1. The van der Waals surface area contributed by atoms with Gasteiger partial charge in [-0.15, -0.1) is 0 Å². The molecule has 0 bridgehead atoms. The van der Waals surface area contributed by atoms with E-state index in [0.717, 1.165) is 12.1 Å². The number of hydrogen-bond acceptors (Lipinski definition) is 4. The molecule has 0 spiro atoms. The summed E-state index contributed by atoms with van der Waals surface area (Å²) in [5, 5.41) is 12.8. The number of aryl methyl sites for hydroxylation is 1. The van der Waals surface area contributed by atoms with Crippen molar-refractivity contribution >= 4 is 29.2 Å². The maximum absolute atomic E-state index is 14.0. The van der Waals surface area contributed by atoms with Gasteiger partial charge in [0.05, 0.1) is 16.3 Å². The maximum atomic E-state index is 14.0. The fourth-order valence-electron chi connectivity index (χ4n) is 4.53. The summed E-state index contributed by atoms with van der Waals surface area (Å²) in [5.41, 5.74) is -0.760. The molecule has 0 aliphatic heterocycles. The number of carbonyl (C=O) groups excluding carboxylic acids is 1. The summed E-state index contributed by atoms with van der Waals surface area (Å²) in [6.07, 6.45) is 0.818. The third-order valence-electron chi connectivity index (χ3n) is 5.97. The molecule has 0 unspecified atom stereocenters. The molecule has 0 saturated heterocycles. The molecule has 0 fully saturated rings. The van der Waals surface area contributed by atoms with E-state index in [4.69, 9.17) is 16.3 Å². The smallest absolute Gasteiger partial charge is 0.408 e. The first-order valence-corrected chi connectivity index (χ1v) is 12.1. The van der Waals surface area contributed by atoms with Crippen molar-refractivity contribution in [1.82, 2.24) is 19.6 Å². The van der Waals surface area contributed by atoms with E-state index in [2.05, 4.69) is 10.3 Å². The lowest BCUT2D eigenvalue weighted by molar-refractivity contribution is 0.0294. The van der Waals surface area contributed by atoms with E-state index < -0.39 is 41.3 Å². The number of halogens is 3. The van der Waals surface area contributed by atoms with Crippen molar-refractivity contribution in [2.45, 2.75) is 65.6 Å². The predicted molar refractivity (Wildman–Crippen MR) is 136 cm³/mol. The molecule has 1 aromatic carbocycles. The van der Waals surface area contributed by atoms with Crippen LogP contribution in [0.25, 0.3) is 5.65 Å². The second-order valence-corrected chi connectivity index (χ2v) is 10.8. The number of carbonyl (C=O) groups is 2. The Morgan fingerprint density at radius 3 is 2.38 bits per heavy atom. The summed E-state index contributed by atoms with van der Waals surface area (Å²) < 4.78 is 35.2. The molecule has 3 aromatic rings. The monoisotopic (exact) mass is 536 g/mol. The van der Waals surface area contributed by atoms with Crippen LogP contribution in [0, 0.1) is 18.6 Å². The lowest BCUT2D eigenvalue weighted by Crippen LogP contribution is -2.57. The van der Waals surface area contributed by atoms with Crippen LogP contribution in [-0.4, -0.2) is 49.0 Å². The van der Waals surface area contributed by atoms with Crippen molar-refractivity contribution in [1.29, 1.82) is 0 Å². The van der Waals surface area contributed by atoms with Crippen molar-refractivity contribution in [3.8, 4) is 5.75 Å². The van der Waals surface area contributed by atoms with Crippen LogP contribution in [0.5, 0.6) is 5.75 Å². The molecule has 3 rings (SSSR count). The van der Waals surface area contributed by atoms with Crippen LogP contribution in [0.2, 0.25) is 5.02 Å². The Morgan fingerprint density at radius 1 is 1.19 bits per heavy atom. The van der Waals surface area contributed by atoms with E-state index in [1.807, 2.05) is 20.8 Å². The summed E-state index contributed by atoms with van der Waals surface area (Å²) in [6, 6.07) is 4.99. The molecule has 11 heteroatoms. The van der Waals surface area contributed by atoms with Gasteiger partial charge >= 0.3 is 6.09 Å². The van der Waals surface area contributed by atoms with Gasteiger partial charge in [0, 0.05) is 29.9 Å². The predicted octanol–water partition coefficient (Wildman–Crippen LogP) is 5.83. The second kappa shape index (κ2) is 10.5. The van der Waals surface area contributed by atoms with Crippen LogP contribution in [0.3, 0.4) is 0 Å². The van der Waals surface area contributed by atoms with E-state index in [-0.39, 0.29) is 34.2 Å². The minimum absolute atomic E-state index is 0.153. The number of pyridine rings is 1. The number of rotatable bonds is 8. The van der Waals surface area contributed by atoms with Gasteiger partial charge in [-0.05, 0) is 60.1 Å². The fourth-order valence-corrected chi connectivity index (χ4v) is 4.72. The van der Waals surface area contributed by atoms with Crippen molar-refractivity contribution < 1.29 is 28.2 Å². The van der Waals surface area contributed by atoms with Crippen molar-refractivity contribution in [3.05, 3.63) is 64.1 Å². The van der Waals surface area contributed by atoms with Gasteiger partial charge in [0.15, 0.2) is 11.4 Å². The third-order valence-corrected chi connectivity index (χ3v) is 6.17. The Labute approximate surface area is 219 Å². The lowest BCUT2D eigenvalue weighted by Gasteiger charge is -2.45. The molecular weight excluding hydrogens is 506 g/mol. The van der Waals surface area contributed by atoms with Gasteiger partial charge < -0.3 is 15.2 Å². The molecule has 37 heavy (non-hydrogen) atoms. The molecule has 0 radical (unpaired) electrons. The van der Waals surface area contributed by atoms with Gasteiger partial charge in [-0.3, -0.25) is 14.1 Å². The van der Waals surface area contributed by atoms with Crippen molar-refractivity contribution in [2.75, 3.05) is 6.54 Å². The normalized spacial score (nSPS) is 12.0. The minimum atomic E-state index is -1.04. The van der Waals surface area contributed by atoms with Crippen LogP contribution >= 0.6 is 11.6 Å². The fraction of sp³-hybridized carbons (Fsp3) is 0.423. The number of aromatic nitrogens is 2. The summed E-state index contributed by atoms with van der Waals surface area (Å²) >= 11 is 6.26. The largest absolute Gasteiger partial charge is 0.485 e. The number of imidazole rings is 1. The number of amides is 2. The highest BCUT2D eigenvalue weighted by molar-refractivity contribution is 6.30. The van der Waals surface area contributed by atoms with E-state index in [9.17, 15) is 23.5 Å². The van der Waals surface area contributed by atoms with Gasteiger partial charge in [-0.2, -0.15) is 0 Å². The van der Waals surface area contributed by atoms with E-state index >= 15 is 0 Å². The second-order valence-electron chi connectivity index (χ2n) is 10.4. The Morgan fingerprint density at radius 2 is 1.81 bits per heavy atom. The molecule has 0 saturated carbocycles. The molecule has 2 aromatic heterocycles. The molecule has 0 aliphatic rings. The molecule has 0 aliphatic carbocycles. The van der Waals surface area contributed by atoms with Crippen LogP contribution in [0.1, 0.15) is 62.8 Å². The maximum Gasteiger partial charge on any atom is 0.408 e. The highest BCUT2D eigenvalue weighted by atomic mass is 35.5. The number of nitrogens with one attached hydrogen (secondary N) is 1. The highest BCUT2D eigenvalue weighted by Gasteiger charge is 2.38. The number of fused-ring (bicyclic) bond motifs is 1. The number of nitrogens with zero attached hydrogens (tertiary/aromatic N) is 3. The summed E-state index contributed by atoms with van der Waals surface area (Å²) in [5.74, 6) is -1.77. The van der Waals surface area contributed by atoms with E-state index in [1.54, 1.807) is 20.8 Å². The highest BCUT2D eigenvalue weighted by Crippen LogP contribution is 2.29.